The monoisotopic (exact) mass is 290 g/mol. The Morgan fingerprint density at radius 3 is 2.65 bits per heavy atom. The second kappa shape index (κ2) is 5.97. The van der Waals surface area contributed by atoms with Gasteiger partial charge >= 0.3 is 0 Å². The number of carbonyl (C=O) groups excluding carboxylic acids is 1. The maximum atomic E-state index is 12.5. The van der Waals surface area contributed by atoms with Crippen LogP contribution >= 0.6 is 11.6 Å². The molecule has 1 N–H and O–H groups in total. The van der Waals surface area contributed by atoms with E-state index in [9.17, 15) is 9.90 Å². The molecule has 0 aromatic heterocycles. The quantitative estimate of drug-likeness (QED) is 0.870. The summed E-state index contributed by atoms with van der Waals surface area (Å²) in [5, 5.41) is 10.2. The van der Waals surface area contributed by atoms with Crippen molar-refractivity contribution in [2.75, 3.05) is 7.11 Å². The van der Waals surface area contributed by atoms with Crippen molar-refractivity contribution in [3.63, 3.8) is 0 Å². The summed E-state index contributed by atoms with van der Waals surface area (Å²) in [6, 6.07) is 9.74. The first-order valence-corrected chi connectivity index (χ1v) is 6.64. The summed E-state index contributed by atoms with van der Waals surface area (Å²) in [5.41, 5.74) is 1.70. The van der Waals surface area contributed by atoms with Crippen LogP contribution < -0.4 is 4.74 Å². The zero-order valence-corrected chi connectivity index (χ0v) is 12.1. The third kappa shape index (κ3) is 2.94. The van der Waals surface area contributed by atoms with E-state index in [2.05, 4.69) is 0 Å². The molecule has 0 fully saturated rings. The highest BCUT2D eigenvalue weighted by Crippen LogP contribution is 2.27. The fourth-order valence-corrected chi connectivity index (χ4v) is 2.19. The van der Waals surface area contributed by atoms with Crippen LogP contribution in [-0.4, -0.2) is 18.0 Å². The van der Waals surface area contributed by atoms with E-state index in [1.54, 1.807) is 30.3 Å². The third-order valence-corrected chi connectivity index (χ3v) is 3.29. The van der Waals surface area contributed by atoms with E-state index in [0.29, 0.717) is 21.9 Å². The van der Waals surface area contributed by atoms with Gasteiger partial charge < -0.3 is 9.84 Å². The van der Waals surface area contributed by atoms with Crippen molar-refractivity contribution in [1.82, 2.24) is 0 Å². The summed E-state index contributed by atoms with van der Waals surface area (Å²) in [5.74, 6) is 0.310. The molecule has 0 bridgehead atoms. The SMILES string of the molecule is CCc1cc(O)cc(C(=O)c2cc(Cl)ccc2OC)c1. The maximum Gasteiger partial charge on any atom is 0.196 e. The highest BCUT2D eigenvalue weighted by atomic mass is 35.5. The van der Waals surface area contributed by atoms with E-state index >= 15 is 0 Å². The lowest BCUT2D eigenvalue weighted by Crippen LogP contribution is -2.04. The molecule has 2 aromatic rings. The summed E-state index contributed by atoms with van der Waals surface area (Å²) in [6.07, 6.45) is 0.737. The van der Waals surface area contributed by atoms with Crippen molar-refractivity contribution in [1.29, 1.82) is 0 Å². The third-order valence-electron chi connectivity index (χ3n) is 3.05. The molecule has 0 atom stereocenters. The van der Waals surface area contributed by atoms with E-state index in [1.807, 2.05) is 6.92 Å². The van der Waals surface area contributed by atoms with Crippen molar-refractivity contribution in [2.24, 2.45) is 0 Å². The average molecular weight is 291 g/mol. The Morgan fingerprint density at radius 1 is 1.25 bits per heavy atom. The molecule has 0 heterocycles. The van der Waals surface area contributed by atoms with Crippen LogP contribution in [0, 0.1) is 0 Å². The normalized spacial score (nSPS) is 10.3. The van der Waals surface area contributed by atoms with Gasteiger partial charge in [-0.1, -0.05) is 18.5 Å². The number of phenolic OH excluding ortho intramolecular Hbond substituents is 1. The highest BCUT2D eigenvalue weighted by Gasteiger charge is 2.16. The standard InChI is InChI=1S/C16H15ClO3/c1-3-10-6-11(8-13(18)7-10)16(19)14-9-12(17)4-5-15(14)20-2/h4-9,18H,3H2,1-2H3. The van der Waals surface area contributed by atoms with Crippen LogP contribution in [0.3, 0.4) is 0 Å². The molecule has 104 valence electrons. The van der Waals surface area contributed by atoms with Gasteiger partial charge in [0.1, 0.15) is 11.5 Å². The van der Waals surface area contributed by atoms with Crippen LogP contribution in [0.25, 0.3) is 0 Å². The zero-order chi connectivity index (χ0) is 14.7. The molecule has 2 aromatic carbocycles. The number of aromatic hydroxyl groups is 1. The number of methoxy groups -OCH3 is 1. The largest absolute Gasteiger partial charge is 0.508 e. The fraction of sp³-hybridized carbons (Fsp3) is 0.188. The van der Waals surface area contributed by atoms with Gasteiger partial charge in [0.05, 0.1) is 12.7 Å². The molecule has 0 radical (unpaired) electrons. The summed E-state index contributed by atoms with van der Waals surface area (Å²) in [6.45, 7) is 1.96. The molecule has 0 amide bonds. The fourth-order valence-electron chi connectivity index (χ4n) is 2.02. The molecule has 0 aliphatic carbocycles. The van der Waals surface area contributed by atoms with Gasteiger partial charge in [-0.05, 0) is 48.4 Å². The molecule has 0 spiro atoms. The topological polar surface area (TPSA) is 46.5 Å². The lowest BCUT2D eigenvalue weighted by atomic mass is 9.99. The smallest absolute Gasteiger partial charge is 0.196 e. The number of aryl methyl sites for hydroxylation is 1. The number of ether oxygens (including phenoxy) is 1. The van der Waals surface area contributed by atoms with Gasteiger partial charge in [-0.3, -0.25) is 4.79 Å². The first kappa shape index (κ1) is 14.4. The van der Waals surface area contributed by atoms with Crippen LogP contribution in [0.5, 0.6) is 11.5 Å². The predicted octanol–water partition coefficient (Wildman–Crippen LogP) is 3.85. The number of benzene rings is 2. The molecule has 0 saturated carbocycles. The Balaban J connectivity index is 2.51. The van der Waals surface area contributed by atoms with Crippen LogP contribution in [0.4, 0.5) is 0 Å². The summed E-state index contributed by atoms with van der Waals surface area (Å²) in [4.78, 5) is 12.5. The molecule has 20 heavy (non-hydrogen) atoms. The van der Waals surface area contributed by atoms with Gasteiger partial charge in [0.25, 0.3) is 0 Å². The molecule has 0 aliphatic rings. The predicted molar refractivity (Wildman–Crippen MR) is 78.9 cm³/mol. The number of halogens is 1. The maximum absolute atomic E-state index is 12.5. The summed E-state index contributed by atoms with van der Waals surface area (Å²) in [7, 11) is 1.50. The van der Waals surface area contributed by atoms with E-state index in [0.717, 1.165) is 12.0 Å². The van der Waals surface area contributed by atoms with Gasteiger partial charge in [-0.25, -0.2) is 0 Å². The Bertz CT molecular complexity index is 650. The summed E-state index contributed by atoms with van der Waals surface area (Å²) < 4.78 is 5.19. The number of rotatable bonds is 4. The molecule has 4 heteroatoms. The Hall–Kier alpha value is -2.00. The number of hydrogen-bond acceptors (Lipinski definition) is 3. The lowest BCUT2D eigenvalue weighted by molar-refractivity contribution is 0.103. The molecule has 0 aliphatic heterocycles. The van der Waals surface area contributed by atoms with E-state index in [-0.39, 0.29) is 11.5 Å². The number of phenols is 1. The van der Waals surface area contributed by atoms with Crippen LogP contribution in [0.1, 0.15) is 28.4 Å². The van der Waals surface area contributed by atoms with E-state index in [1.165, 1.54) is 13.2 Å². The molecular weight excluding hydrogens is 276 g/mol. The van der Waals surface area contributed by atoms with E-state index < -0.39 is 0 Å². The van der Waals surface area contributed by atoms with Gasteiger partial charge in [0.2, 0.25) is 0 Å². The molecular formula is C16H15ClO3. The first-order valence-electron chi connectivity index (χ1n) is 6.26. The van der Waals surface area contributed by atoms with Crippen molar-refractivity contribution in [2.45, 2.75) is 13.3 Å². The minimum absolute atomic E-state index is 0.0775. The van der Waals surface area contributed by atoms with Gasteiger partial charge in [-0.15, -0.1) is 0 Å². The number of ketones is 1. The molecule has 0 unspecified atom stereocenters. The van der Waals surface area contributed by atoms with Gasteiger partial charge in [-0.2, -0.15) is 0 Å². The van der Waals surface area contributed by atoms with Crippen LogP contribution in [0.15, 0.2) is 36.4 Å². The molecule has 0 saturated heterocycles. The Morgan fingerprint density at radius 2 is 2.00 bits per heavy atom. The van der Waals surface area contributed by atoms with Gasteiger partial charge in [0, 0.05) is 10.6 Å². The second-order valence-electron chi connectivity index (χ2n) is 4.42. The Kier molecular flexibility index (Phi) is 4.30. The van der Waals surface area contributed by atoms with Crippen molar-refractivity contribution in [3.05, 3.63) is 58.1 Å². The van der Waals surface area contributed by atoms with Gasteiger partial charge in [0.15, 0.2) is 5.78 Å². The Labute approximate surface area is 122 Å². The van der Waals surface area contributed by atoms with Crippen LogP contribution in [0.2, 0.25) is 5.02 Å². The van der Waals surface area contributed by atoms with E-state index in [4.69, 9.17) is 16.3 Å². The van der Waals surface area contributed by atoms with Crippen molar-refractivity contribution in [3.8, 4) is 11.5 Å². The number of hydrogen-bond donors (Lipinski definition) is 1. The van der Waals surface area contributed by atoms with Crippen molar-refractivity contribution >= 4 is 17.4 Å². The highest BCUT2D eigenvalue weighted by molar-refractivity contribution is 6.31. The molecule has 3 nitrogen and oxygen atoms in total. The minimum Gasteiger partial charge on any atom is -0.508 e. The lowest BCUT2D eigenvalue weighted by Gasteiger charge is -2.09. The second-order valence-corrected chi connectivity index (χ2v) is 4.85. The first-order chi connectivity index (χ1) is 9.55. The number of carbonyl (C=O) groups is 1. The summed E-state index contributed by atoms with van der Waals surface area (Å²) >= 11 is 5.94. The van der Waals surface area contributed by atoms with Crippen molar-refractivity contribution < 1.29 is 14.6 Å². The zero-order valence-electron chi connectivity index (χ0n) is 11.3. The minimum atomic E-state index is -0.227. The average Bonchev–Trinajstić information content (AvgIpc) is 2.45. The molecule has 2 rings (SSSR count). The van der Waals surface area contributed by atoms with Crippen LogP contribution in [-0.2, 0) is 6.42 Å².